The summed E-state index contributed by atoms with van der Waals surface area (Å²) in [6, 6.07) is 8.41. The summed E-state index contributed by atoms with van der Waals surface area (Å²) in [6.45, 7) is 7.06. The van der Waals surface area contributed by atoms with Crippen LogP contribution in [0.3, 0.4) is 0 Å². The highest BCUT2D eigenvalue weighted by Crippen LogP contribution is 2.36. The topological polar surface area (TPSA) is 53.0 Å². The van der Waals surface area contributed by atoms with Gasteiger partial charge in [-0.3, -0.25) is 9.69 Å². The van der Waals surface area contributed by atoms with Crippen molar-refractivity contribution in [3.8, 4) is 5.75 Å². The third kappa shape index (κ3) is 3.57. The average Bonchev–Trinajstić information content (AvgIpc) is 3.07. The zero-order valence-electron chi connectivity index (χ0n) is 14.6. The number of hydrogen-bond acceptors (Lipinski definition) is 4. The molecule has 5 heteroatoms. The Morgan fingerprint density at radius 1 is 1.29 bits per heavy atom. The predicted molar refractivity (Wildman–Crippen MR) is 93.6 cm³/mol. The van der Waals surface area contributed by atoms with Gasteiger partial charge in [0.2, 0.25) is 0 Å². The second kappa shape index (κ2) is 7.53. The maximum atomic E-state index is 11.8. The molecule has 0 radical (unpaired) electrons. The number of piperidine rings is 1. The molecule has 24 heavy (non-hydrogen) atoms. The van der Waals surface area contributed by atoms with Gasteiger partial charge in [0.15, 0.2) is 0 Å². The molecule has 0 amide bonds. The Morgan fingerprint density at radius 3 is 2.67 bits per heavy atom. The number of carbonyl (C=O) groups is 1. The molecule has 1 aromatic carbocycles. The SMILES string of the molecule is CCN1CCC(N2C[C@@H](C(=O)O)[C@H](c3cccc(OC)c3)C2)CC1. The molecule has 2 aliphatic rings. The molecule has 2 saturated heterocycles. The van der Waals surface area contributed by atoms with Crippen molar-refractivity contribution in [2.75, 3.05) is 39.8 Å². The van der Waals surface area contributed by atoms with Crippen LogP contribution < -0.4 is 4.74 Å². The molecule has 1 N–H and O–H groups in total. The molecule has 0 unspecified atom stereocenters. The summed E-state index contributed by atoms with van der Waals surface area (Å²) < 4.78 is 5.31. The van der Waals surface area contributed by atoms with Gasteiger partial charge in [0.25, 0.3) is 0 Å². The largest absolute Gasteiger partial charge is 0.497 e. The highest BCUT2D eigenvalue weighted by Gasteiger charge is 2.41. The van der Waals surface area contributed by atoms with Gasteiger partial charge >= 0.3 is 5.97 Å². The fourth-order valence-electron chi connectivity index (χ4n) is 4.19. The van der Waals surface area contributed by atoms with Gasteiger partial charge in [-0.05, 0) is 50.2 Å². The Bertz CT molecular complexity index is 569. The van der Waals surface area contributed by atoms with Gasteiger partial charge in [-0.15, -0.1) is 0 Å². The van der Waals surface area contributed by atoms with Crippen LogP contribution in [-0.4, -0.2) is 66.8 Å². The number of hydrogen-bond donors (Lipinski definition) is 1. The van der Waals surface area contributed by atoms with Gasteiger partial charge in [-0.1, -0.05) is 19.1 Å². The summed E-state index contributed by atoms with van der Waals surface area (Å²) in [5.74, 6) is -0.175. The summed E-state index contributed by atoms with van der Waals surface area (Å²) in [6.07, 6.45) is 2.29. The van der Waals surface area contributed by atoms with Gasteiger partial charge in [0.1, 0.15) is 5.75 Å². The van der Waals surface area contributed by atoms with Crippen molar-refractivity contribution in [3.05, 3.63) is 29.8 Å². The van der Waals surface area contributed by atoms with E-state index < -0.39 is 5.97 Å². The Kier molecular flexibility index (Phi) is 5.41. The number of methoxy groups -OCH3 is 1. The molecule has 0 bridgehead atoms. The average molecular weight is 332 g/mol. The molecule has 2 heterocycles. The Hall–Kier alpha value is -1.59. The Morgan fingerprint density at radius 2 is 2.04 bits per heavy atom. The summed E-state index contributed by atoms with van der Waals surface area (Å²) in [5.41, 5.74) is 1.08. The number of rotatable bonds is 5. The van der Waals surface area contributed by atoms with Crippen LogP contribution >= 0.6 is 0 Å². The fourth-order valence-corrected chi connectivity index (χ4v) is 4.19. The molecule has 1 aromatic rings. The Balaban J connectivity index is 1.73. The summed E-state index contributed by atoms with van der Waals surface area (Å²) in [7, 11) is 1.65. The second-order valence-corrected chi connectivity index (χ2v) is 6.95. The van der Waals surface area contributed by atoms with E-state index in [-0.39, 0.29) is 11.8 Å². The zero-order valence-corrected chi connectivity index (χ0v) is 14.6. The monoisotopic (exact) mass is 332 g/mol. The van der Waals surface area contributed by atoms with Crippen molar-refractivity contribution in [1.82, 2.24) is 9.80 Å². The molecule has 2 fully saturated rings. The maximum absolute atomic E-state index is 11.8. The number of ether oxygens (including phenoxy) is 1. The van der Waals surface area contributed by atoms with Gasteiger partial charge in [-0.2, -0.15) is 0 Å². The van der Waals surface area contributed by atoms with Crippen molar-refractivity contribution in [2.45, 2.75) is 31.7 Å². The minimum absolute atomic E-state index is 0.0433. The van der Waals surface area contributed by atoms with Gasteiger partial charge in [-0.25, -0.2) is 0 Å². The van der Waals surface area contributed by atoms with Crippen molar-refractivity contribution in [3.63, 3.8) is 0 Å². The third-order valence-electron chi connectivity index (χ3n) is 5.71. The van der Waals surface area contributed by atoms with E-state index >= 15 is 0 Å². The van der Waals surface area contributed by atoms with E-state index in [1.807, 2.05) is 24.3 Å². The lowest BCUT2D eigenvalue weighted by molar-refractivity contribution is -0.141. The van der Waals surface area contributed by atoms with Crippen molar-refractivity contribution in [2.24, 2.45) is 5.92 Å². The molecular weight excluding hydrogens is 304 g/mol. The van der Waals surface area contributed by atoms with Crippen LogP contribution in [0.15, 0.2) is 24.3 Å². The number of carboxylic acids is 1. The van der Waals surface area contributed by atoms with Crippen LogP contribution in [0.1, 0.15) is 31.2 Å². The lowest BCUT2D eigenvalue weighted by Crippen LogP contribution is -2.44. The first-order valence-corrected chi connectivity index (χ1v) is 8.95. The van der Waals surface area contributed by atoms with Crippen LogP contribution in [0.2, 0.25) is 0 Å². The minimum atomic E-state index is -0.684. The lowest BCUT2D eigenvalue weighted by atomic mass is 9.89. The van der Waals surface area contributed by atoms with E-state index in [1.165, 1.54) is 0 Å². The van der Waals surface area contributed by atoms with Crippen LogP contribution in [0.5, 0.6) is 5.75 Å². The molecule has 0 saturated carbocycles. The van der Waals surface area contributed by atoms with Gasteiger partial charge < -0.3 is 14.7 Å². The zero-order chi connectivity index (χ0) is 17.1. The number of likely N-dealkylation sites (tertiary alicyclic amines) is 2. The van der Waals surface area contributed by atoms with Crippen molar-refractivity contribution < 1.29 is 14.6 Å². The number of aliphatic carboxylic acids is 1. The first-order chi connectivity index (χ1) is 11.6. The predicted octanol–water partition coefficient (Wildman–Crippen LogP) is 2.28. The fraction of sp³-hybridized carbons (Fsp3) is 0.632. The van der Waals surface area contributed by atoms with E-state index in [9.17, 15) is 9.90 Å². The quantitative estimate of drug-likeness (QED) is 0.896. The molecule has 0 spiro atoms. The molecule has 132 valence electrons. The first kappa shape index (κ1) is 17.2. The van der Waals surface area contributed by atoms with Crippen LogP contribution in [0, 0.1) is 5.92 Å². The van der Waals surface area contributed by atoms with E-state index in [2.05, 4.69) is 16.7 Å². The highest BCUT2D eigenvalue weighted by molar-refractivity contribution is 5.72. The highest BCUT2D eigenvalue weighted by atomic mass is 16.5. The maximum Gasteiger partial charge on any atom is 0.308 e. The van der Waals surface area contributed by atoms with Gasteiger partial charge in [0, 0.05) is 25.0 Å². The third-order valence-corrected chi connectivity index (χ3v) is 5.71. The standard InChI is InChI=1S/C19H28N2O3/c1-3-20-9-7-15(8-10-20)21-12-17(18(13-21)19(22)23)14-5-4-6-16(11-14)24-2/h4-6,11,15,17-18H,3,7-10,12-13H2,1-2H3,(H,22,23)/t17-,18+/m0/s1. The summed E-state index contributed by atoms with van der Waals surface area (Å²) in [4.78, 5) is 16.7. The Labute approximate surface area is 144 Å². The summed E-state index contributed by atoms with van der Waals surface area (Å²) in [5, 5.41) is 9.70. The first-order valence-electron chi connectivity index (χ1n) is 8.95. The van der Waals surface area contributed by atoms with E-state index in [0.717, 1.165) is 50.3 Å². The normalized spacial score (nSPS) is 26.6. The molecule has 0 aliphatic carbocycles. The van der Waals surface area contributed by atoms with E-state index in [0.29, 0.717) is 12.6 Å². The smallest absolute Gasteiger partial charge is 0.308 e. The van der Waals surface area contributed by atoms with Gasteiger partial charge in [0.05, 0.1) is 13.0 Å². The molecule has 2 atom stereocenters. The molecule has 0 aromatic heterocycles. The molecular formula is C19H28N2O3. The van der Waals surface area contributed by atoms with Crippen LogP contribution in [0.25, 0.3) is 0 Å². The second-order valence-electron chi connectivity index (χ2n) is 6.95. The molecule has 3 rings (SSSR count). The summed E-state index contributed by atoms with van der Waals surface area (Å²) >= 11 is 0. The lowest BCUT2D eigenvalue weighted by Gasteiger charge is -2.36. The number of carboxylic acid groups (broad SMARTS) is 1. The molecule has 5 nitrogen and oxygen atoms in total. The van der Waals surface area contributed by atoms with Crippen molar-refractivity contribution in [1.29, 1.82) is 0 Å². The number of nitrogens with zero attached hydrogens (tertiary/aromatic N) is 2. The molecule has 2 aliphatic heterocycles. The van der Waals surface area contributed by atoms with E-state index in [1.54, 1.807) is 7.11 Å². The number of benzene rings is 1. The van der Waals surface area contributed by atoms with Crippen LogP contribution in [-0.2, 0) is 4.79 Å². The van der Waals surface area contributed by atoms with Crippen molar-refractivity contribution >= 4 is 5.97 Å². The van der Waals surface area contributed by atoms with Crippen LogP contribution in [0.4, 0.5) is 0 Å². The minimum Gasteiger partial charge on any atom is -0.497 e. The van der Waals surface area contributed by atoms with E-state index in [4.69, 9.17) is 4.74 Å².